The van der Waals surface area contributed by atoms with Crippen LogP contribution >= 0.6 is 0 Å². The second kappa shape index (κ2) is 10.5. The van der Waals surface area contributed by atoms with Gasteiger partial charge in [0.15, 0.2) is 6.61 Å². The number of nitro benzene ring substituents is 1. The molecule has 34 heavy (non-hydrogen) atoms. The molecular formula is C20H20FN3O9S. The van der Waals surface area contributed by atoms with Gasteiger partial charge in [0.2, 0.25) is 10.0 Å². The monoisotopic (exact) mass is 497 g/mol. The maximum absolute atomic E-state index is 14.3. The normalized spacial score (nSPS) is 14.3. The van der Waals surface area contributed by atoms with E-state index in [1.54, 1.807) is 0 Å². The molecule has 0 aliphatic carbocycles. The second-order valence-electron chi connectivity index (χ2n) is 6.93. The van der Waals surface area contributed by atoms with Gasteiger partial charge in [-0.3, -0.25) is 14.9 Å². The third kappa shape index (κ3) is 5.65. The van der Waals surface area contributed by atoms with Gasteiger partial charge in [0.25, 0.3) is 11.6 Å². The van der Waals surface area contributed by atoms with Crippen LogP contribution in [0.5, 0.6) is 5.75 Å². The lowest BCUT2D eigenvalue weighted by atomic mass is 10.2. The number of nitrogens with zero attached hydrogens (tertiary/aromatic N) is 2. The molecule has 1 fully saturated rings. The fourth-order valence-electron chi connectivity index (χ4n) is 3.06. The summed E-state index contributed by atoms with van der Waals surface area (Å²) in [5.74, 6) is -2.81. The largest absolute Gasteiger partial charge is 0.495 e. The zero-order chi connectivity index (χ0) is 24.9. The fourth-order valence-corrected chi connectivity index (χ4v) is 4.56. The van der Waals surface area contributed by atoms with Gasteiger partial charge in [-0.1, -0.05) is 0 Å². The topological polar surface area (TPSA) is 154 Å². The highest BCUT2D eigenvalue weighted by Gasteiger charge is 2.30. The molecule has 12 nitrogen and oxygen atoms in total. The Hall–Kier alpha value is -3.62. The molecule has 0 radical (unpaired) electrons. The Bertz CT molecular complexity index is 1210. The Balaban J connectivity index is 1.70. The van der Waals surface area contributed by atoms with Gasteiger partial charge >= 0.3 is 5.97 Å². The van der Waals surface area contributed by atoms with Gasteiger partial charge < -0.3 is 19.5 Å². The minimum absolute atomic E-state index is 0.0154. The maximum atomic E-state index is 14.3. The van der Waals surface area contributed by atoms with Crippen molar-refractivity contribution < 1.29 is 41.5 Å². The quantitative estimate of drug-likeness (QED) is 0.325. The number of ether oxygens (including phenoxy) is 3. The Labute approximate surface area is 193 Å². The molecule has 1 amide bonds. The number of non-ortho nitro benzene ring substituents is 1. The summed E-state index contributed by atoms with van der Waals surface area (Å²) in [5.41, 5.74) is -0.596. The van der Waals surface area contributed by atoms with Crippen LogP contribution in [0.2, 0.25) is 0 Å². The van der Waals surface area contributed by atoms with E-state index >= 15 is 0 Å². The van der Waals surface area contributed by atoms with E-state index in [1.165, 1.54) is 19.2 Å². The van der Waals surface area contributed by atoms with E-state index in [0.29, 0.717) is 0 Å². The van der Waals surface area contributed by atoms with Crippen molar-refractivity contribution in [3.8, 4) is 5.75 Å². The minimum Gasteiger partial charge on any atom is -0.495 e. The molecule has 2 aromatic rings. The SMILES string of the molecule is COc1ccc([N+](=O)[O-])cc1NC(=O)COC(=O)c1ccc(F)c(S(=O)(=O)N2CCOCC2)c1. The van der Waals surface area contributed by atoms with Crippen LogP contribution in [0.15, 0.2) is 41.3 Å². The van der Waals surface area contributed by atoms with E-state index in [9.17, 15) is 32.5 Å². The van der Waals surface area contributed by atoms with Crippen LogP contribution in [0.3, 0.4) is 0 Å². The lowest BCUT2D eigenvalue weighted by molar-refractivity contribution is -0.384. The molecule has 0 saturated carbocycles. The lowest BCUT2D eigenvalue weighted by Crippen LogP contribution is -2.41. The van der Waals surface area contributed by atoms with Gasteiger partial charge in [0, 0.05) is 25.2 Å². The summed E-state index contributed by atoms with van der Waals surface area (Å²) in [6.07, 6.45) is 0. The molecule has 14 heteroatoms. The van der Waals surface area contributed by atoms with Gasteiger partial charge in [-0.2, -0.15) is 4.31 Å². The summed E-state index contributed by atoms with van der Waals surface area (Å²) in [6, 6.07) is 6.22. The van der Waals surface area contributed by atoms with Crippen LogP contribution in [-0.2, 0) is 24.3 Å². The number of carbonyl (C=O) groups excluding carboxylic acids is 2. The maximum Gasteiger partial charge on any atom is 0.338 e. The smallest absolute Gasteiger partial charge is 0.338 e. The molecule has 1 aliphatic heterocycles. The van der Waals surface area contributed by atoms with Gasteiger partial charge in [-0.25, -0.2) is 17.6 Å². The van der Waals surface area contributed by atoms with Crippen molar-refractivity contribution in [2.75, 3.05) is 45.3 Å². The third-order valence-electron chi connectivity index (χ3n) is 4.76. The van der Waals surface area contributed by atoms with Crippen molar-refractivity contribution in [1.29, 1.82) is 0 Å². The first-order valence-corrected chi connectivity index (χ1v) is 11.2. The standard InChI is InChI=1S/C20H20FN3O9S/c1-31-17-5-3-14(24(27)28)11-16(17)22-19(25)12-33-20(26)13-2-4-15(21)18(10-13)34(29,30)23-6-8-32-9-7-23/h2-5,10-11H,6-9,12H2,1H3,(H,22,25). The van der Waals surface area contributed by atoms with Gasteiger partial charge in [0.05, 0.1) is 36.5 Å². The summed E-state index contributed by atoms with van der Waals surface area (Å²) in [7, 11) is -2.92. The zero-order valence-corrected chi connectivity index (χ0v) is 18.7. The van der Waals surface area contributed by atoms with E-state index < -0.39 is 44.1 Å². The number of morpholine rings is 1. The number of halogens is 1. The van der Waals surface area contributed by atoms with Crippen molar-refractivity contribution >= 4 is 33.3 Å². The molecule has 0 spiro atoms. The Morgan fingerprint density at radius 1 is 1.21 bits per heavy atom. The molecule has 1 aliphatic rings. The summed E-state index contributed by atoms with van der Waals surface area (Å²) < 4.78 is 55.8. The molecule has 1 saturated heterocycles. The number of carbonyl (C=O) groups is 2. The van der Waals surface area contributed by atoms with E-state index in [1.807, 2.05) is 0 Å². The van der Waals surface area contributed by atoms with Crippen LogP contribution in [0.4, 0.5) is 15.8 Å². The molecule has 182 valence electrons. The van der Waals surface area contributed by atoms with Gasteiger partial charge in [-0.15, -0.1) is 0 Å². The molecule has 3 rings (SSSR count). The van der Waals surface area contributed by atoms with Crippen LogP contribution in [-0.4, -0.2) is 69.5 Å². The van der Waals surface area contributed by atoms with Crippen molar-refractivity contribution in [3.05, 3.63) is 57.9 Å². The Kier molecular flexibility index (Phi) is 7.75. The Morgan fingerprint density at radius 2 is 1.91 bits per heavy atom. The van der Waals surface area contributed by atoms with E-state index in [-0.39, 0.29) is 49.0 Å². The van der Waals surface area contributed by atoms with Crippen molar-refractivity contribution in [2.45, 2.75) is 4.90 Å². The molecule has 0 atom stereocenters. The summed E-state index contributed by atoms with van der Waals surface area (Å²) >= 11 is 0. The number of rotatable bonds is 8. The van der Waals surface area contributed by atoms with Crippen molar-refractivity contribution in [3.63, 3.8) is 0 Å². The third-order valence-corrected chi connectivity index (χ3v) is 6.67. The van der Waals surface area contributed by atoms with Crippen LogP contribution in [0.1, 0.15) is 10.4 Å². The molecule has 1 heterocycles. The summed E-state index contributed by atoms with van der Waals surface area (Å²) in [5, 5.41) is 13.3. The van der Waals surface area contributed by atoms with Crippen LogP contribution in [0.25, 0.3) is 0 Å². The Morgan fingerprint density at radius 3 is 2.56 bits per heavy atom. The number of methoxy groups -OCH3 is 1. The second-order valence-corrected chi connectivity index (χ2v) is 8.83. The van der Waals surface area contributed by atoms with Gasteiger partial charge in [0.1, 0.15) is 16.5 Å². The highest BCUT2D eigenvalue weighted by molar-refractivity contribution is 7.89. The van der Waals surface area contributed by atoms with Gasteiger partial charge in [-0.05, 0) is 24.3 Å². The average Bonchev–Trinajstić information content (AvgIpc) is 2.83. The lowest BCUT2D eigenvalue weighted by Gasteiger charge is -2.26. The number of nitro groups is 1. The molecule has 0 unspecified atom stereocenters. The number of benzene rings is 2. The summed E-state index contributed by atoms with van der Waals surface area (Å²) in [6.45, 7) is -0.400. The zero-order valence-electron chi connectivity index (χ0n) is 17.9. The predicted molar refractivity (Wildman–Crippen MR) is 115 cm³/mol. The van der Waals surface area contributed by atoms with Crippen LogP contribution < -0.4 is 10.1 Å². The number of sulfonamides is 1. The highest BCUT2D eigenvalue weighted by Crippen LogP contribution is 2.29. The number of nitrogens with one attached hydrogen (secondary N) is 1. The first-order chi connectivity index (χ1) is 16.1. The number of amides is 1. The van der Waals surface area contributed by atoms with E-state index in [2.05, 4.69) is 5.32 Å². The van der Waals surface area contributed by atoms with Crippen molar-refractivity contribution in [2.24, 2.45) is 0 Å². The first kappa shape index (κ1) is 25.0. The fraction of sp³-hybridized carbons (Fsp3) is 0.300. The molecule has 2 aromatic carbocycles. The average molecular weight is 497 g/mol. The minimum atomic E-state index is -4.22. The van der Waals surface area contributed by atoms with Crippen LogP contribution in [0, 0.1) is 15.9 Å². The highest BCUT2D eigenvalue weighted by atomic mass is 32.2. The molecule has 0 bridgehead atoms. The number of hydrogen-bond donors (Lipinski definition) is 1. The number of anilines is 1. The molecule has 1 N–H and O–H groups in total. The first-order valence-electron chi connectivity index (χ1n) is 9.80. The number of esters is 1. The predicted octanol–water partition coefficient (Wildman–Crippen LogP) is 1.56. The van der Waals surface area contributed by atoms with Crippen molar-refractivity contribution in [1.82, 2.24) is 4.31 Å². The number of hydrogen-bond acceptors (Lipinski definition) is 9. The van der Waals surface area contributed by atoms with E-state index in [0.717, 1.165) is 28.6 Å². The summed E-state index contributed by atoms with van der Waals surface area (Å²) in [4.78, 5) is 34.1. The van der Waals surface area contributed by atoms with E-state index in [4.69, 9.17) is 14.2 Å². The molecular weight excluding hydrogens is 477 g/mol. The molecule has 0 aromatic heterocycles.